The SMILES string of the molecule is C=CCn1c(S[C@H](C)C(=O)Nc2cc(F)ccc2F)nnc1-c1cccnc1. The first-order valence-electron chi connectivity index (χ1n) is 8.36. The molecule has 6 nitrogen and oxygen atoms in total. The minimum Gasteiger partial charge on any atom is -0.323 e. The number of aromatic nitrogens is 4. The number of halogens is 2. The Morgan fingerprint density at radius 3 is 2.89 bits per heavy atom. The molecule has 0 fully saturated rings. The fourth-order valence-corrected chi connectivity index (χ4v) is 3.28. The number of nitrogens with one attached hydrogen (secondary N) is 1. The van der Waals surface area contributed by atoms with E-state index >= 15 is 0 Å². The van der Waals surface area contributed by atoms with Gasteiger partial charge in [0.05, 0.1) is 10.9 Å². The van der Waals surface area contributed by atoms with Crippen LogP contribution in [-0.2, 0) is 11.3 Å². The molecular weight excluding hydrogens is 384 g/mol. The van der Waals surface area contributed by atoms with E-state index in [1.807, 2.05) is 6.07 Å². The molecule has 3 aromatic rings. The van der Waals surface area contributed by atoms with Gasteiger partial charge in [-0.15, -0.1) is 16.8 Å². The van der Waals surface area contributed by atoms with Gasteiger partial charge < -0.3 is 5.32 Å². The van der Waals surface area contributed by atoms with Crippen molar-refractivity contribution in [2.75, 3.05) is 5.32 Å². The summed E-state index contributed by atoms with van der Waals surface area (Å²) in [5, 5.41) is 10.6. The molecule has 144 valence electrons. The van der Waals surface area contributed by atoms with E-state index in [-0.39, 0.29) is 5.69 Å². The maximum atomic E-state index is 13.7. The second-order valence-corrected chi connectivity index (χ2v) is 7.13. The Bertz CT molecular complexity index is 993. The monoisotopic (exact) mass is 401 g/mol. The van der Waals surface area contributed by atoms with Crippen LogP contribution < -0.4 is 5.32 Å². The van der Waals surface area contributed by atoms with Crippen LogP contribution in [0.4, 0.5) is 14.5 Å². The number of carbonyl (C=O) groups excluding carboxylic acids is 1. The van der Waals surface area contributed by atoms with Gasteiger partial charge in [-0.3, -0.25) is 14.3 Å². The highest BCUT2D eigenvalue weighted by atomic mass is 32.2. The summed E-state index contributed by atoms with van der Waals surface area (Å²) in [4.78, 5) is 16.5. The van der Waals surface area contributed by atoms with Gasteiger partial charge in [-0.25, -0.2) is 8.78 Å². The number of rotatable bonds is 7. The Kier molecular flexibility index (Phi) is 6.15. The molecule has 1 aromatic carbocycles. The summed E-state index contributed by atoms with van der Waals surface area (Å²) in [6.07, 6.45) is 5.02. The molecule has 2 aromatic heterocycles. The predicted octanol–water partition coefficient (Wildman–Crippen LogP) is 3.92. The molecular formula is C19H17F2N5OS. The number of pyridine rings is 1. The summed E-state index contributed by atoms with van der Waals surface area (Å²) in [7, 11) is 0. The van der Waals surface area contributed by atoms with Crippen LogP contribution in [0.15, 0.2) is 60.5 Å². The number of thioether (sulfide) groups is 1. The number of nitrogens with zero attached hydrogens (tertiary/aromatic N) is 4. The molecule has 0 aliphatic heterocycles. The Morgan fingerprint density at radius 2 is 2.18 bits per heavy atom. The van der Waals surface area contributed by atoms with Gasteiger partial charge in [0, 0.05) is 30.6 Å². The van der Waals surface area contributed by atoms with Crippen LogP contribution in [0.5, 0.6) is 0 Å². The molecule has 0 unspecified atom stereocenters. The third-order valence-electron chi connectivity index (χ3n) is 3.79. The van der Waals surface area contributed by atoms with E-state index < -0.39 is 22.8 Å². The first-order valence-corrected chi connectivity index (χ1v) is 9.24. The number of carbonyl (C=O) groups is 1. The summed E-state index contributed by atoms with van der Waals surface area (Å²) >= 11 is 1.16. The average Bonchev–Trinajstić information content (AvgIpc) is 3.08. The van der Waals surface area contributed by atoms with Crippen molar-refractivity contribution in [2.24, 2.45) is 0 Å². The highest BCUT2D eigenvalue weighted by Gasteiger charge is 2.21. The number of hydrogen-bond acceptors (Lipinski definition) is 5. The lowest BCUT2D eigenvalue weighted by Gasteiger charge is -2.13. The van der Waals surface area contributed by atoms with Crippen LogP contribution in [0.2, 0.25) is 0 Å². The summed E-state index contributed by atoms with van der Waals surface area (Å²) < 4.78 is 28.8. The first kappa shape index (κ1) is 19.7. The highest BCUT2D eigenvalue weighted by Crippen LogP contribution is 2.27. The second-order valence-electron chi connectivity index (χ2n) is 5.82. The smallest absolute Gasteiger partial charge is 0.237 e. The van der Waals surface area contributed by atoms with Gasteiger partial charge in [0.25, 0.3) is 0 Å². The lowest BCUT2D eigenvalue weighted by molar-refractivity contribution is -0.115. The third-order valence-corrected chi connectivity index (χ3v) is 4.87. The van der Waals surface area contributed by atoms with E-state index in [4.69, 9.17) is 0 Å². The standard InChI is InChI=1S/C19H17F2N5OS/c1-3-9-26-17(13-5-4-8-22-11-13)24-25-19(26)28-12(2)18(27)23-16-10-14(20)6-7-15(16)21/h3-8,10-12H,1,9H2,2H3,(H,23,27)/t12-/m1/s1. The number of allylic oxidation sites excluding steroid dienone is 1. The molecule has 0 aliphatic carbocycles. The van der Waals surface area contributed by atoms with E-state index in [0.29, 0.717) is 17.5 Å². The molecule has 0 saturated carbocycles. The number of benzene rings is 1. The molecule has 1 atom stereocenters. The van der Waals surface area contributed by atoms with Gasteiger partial charge in [-0.1, -0.05) is 17.8 Å². The van der Waals surface area contributed by atoms with Crippen LogP contribution in [0, 0.1) is 11.6 Å². The minimum atomic E-state index is -0.708. The molecule has 2 heterocycles. The van der Waals surface area contributed by atoms with Crippen molar-refractivity contribution in [3.63, 3.8) is 0 Å². The van der Waals surface area contributed by atoms with Crippen molar-refractivity contribution in [2.45, 2.75) is 23.9 Å². The van der Waals surface area contributed by atoms with Crippen molar-refractivity contribution in [3.8, 4) is 11.4 Å². The van der Waals surface area contributed by atoms with Gasteiger partial charge in [0.2, 0.25) is 5.91 Å². The second kappa shape index (κ2) is 8.75. The number of amides is 1. The highest BCUT2D eigenvalue weighted by molar-refractivity contribution is 8.00. The zero-order chi connectivity index (χ0) is 20.1. The van der Waals surface area contributed by atoms with E-state index in [9.17, 15) is 13.6 Å². The number of anilines is 1. The molecule has 9 heteroatoms. The molecule has 28 heavy (non-hydrogen) atoms. The van der Waals surface area contributed by atoms with Gasteiger partial charge in [0.1, 0.15) is 11.6 Å². The zero-order valence-electron chi connectivity index (χ0n) is 15.0. The number of hydrogen-bond donors (Lipinski definition) is 1. The average molecular weight is 401 g/mol. The third kappa shape index (κ3) is 4.42. The molecule has 3 rings (SSSR count). The van der Waals surface area contributed by atoms with Crippen LogP contribution in [-0.4, -0.2) is 30.9 Å². The van der Waals surface area contributed by atoms with Gasteiger partial charge in [-0.2, -0.15) is 0 Å². The minimum absolute atomic E-state index is 0.207. The van der Waals surface area contributed by atoms with E-state index in [1.165, 1.54) is 0 Å². The molecule has 0 bridgehead atoms. The lowest BCUT2D eigenvalue weighted by atomic mass is 10.3. The normalized spacial score (nSPS) is 11.8. The summed E-state index contributed by atoms with van der Waals surface area (Å²) in [6.45, 7) is 5.83. The fraction of sp³-hybridized carbons (Fsp3) is 0.158. The van der Waals surface area contributed by atoms with E-state index in [0.717, 1.165) is 35.5 Å². The predicted molar refractivity (Wildman–Crippen MR) is 104 cm³/mol. The van der Waals surface area contributed by atoms with Crippen molar-refractivity contribution >= 4 is 23.4 Å². The van der Waals surface area contributed by atoms with Crippen LogP contribution in [0.3, 0.4) is 0 Å². The Hall–Kier alpha value is -3.07. The lowest BCUT2D eigenvalue weighted by Crippen LogP contribution is -2.23. The zero-order valence-corrected chi connectivity index (χ0v) is 15.8. The topological polar surface area (TPSA) is 72.7 Å². The molecule has 0 radical (unpaired) electrons. The Morgan fingerprint density at radius 1 is 1.36 bits per heavy atom. The molecule has 0 spiro atoms. The van der Waals surface area contributed by atoms with Crippen LogP contribution in [0.25, 0.3) is 11.4 Å². The summed E-state index contributed by atoms with van der Waals surface area (Å²) in [5.74, 6) is -1.23. The molecule has 0 saturated heterocycles. The quantitative estimate of drug-likeness (QED) is 0.480. The Balaban J connectivity index is 1.79. The van der Waals surface area contributed by atoms with Gasteiger partial charge >= 0.3 is 0 Å². The van der Waals surface area contributed by atoms with Crippen molar-refractivity contribution in [1.29, 1.82) is 0 Å². The molecule has 1 N–H and O–H groups in total. The Labute approximate surface area is 164 Å². The van der Waals surface area contributed by atoms with Crippen molar-refractivity contribution in [3.05, 3.63) is 67.0 Å². The first-order chi connectivity index (χ1) is 13.5. The van der Waals surface area contributed by atoms with Crippen molar-refractivity contribution in [1.82, 2.24) is 19.7 Å². The van der Waals surface area contributed by atoms with E-state index in [2.05, 4.69) is 27.1 Å². The summed E-state index contributed by atoms with van der Waals surface area (Å²) in [5.41, 5.74) is 0.573. The molecule has 0 aliphatic rings. The molecule has 1 amide bonds. The largest absolute Gasteiger partial charge is 0.323 e. The van der Waals surface area contributed by atoms with Crippen LogP contribution >= 0.6 is 11.8 Å². The van der Waals surface area contributed by atoms with Crippen LogP contribution in [0.1, 0.15) is 6.92 Å². The van der Waals surface area contributed by atoms with Gasteiger partial charge in [0.15, 0.2) is 11.0 Å². The van der Waals surface area contributed by atoms with E-state index in [1.54, 1.807) is 36.0 Å². The maximum Gasteiger partial charge on any atom is 0.237 e. The summed E-state index contributed by atoms with van der Waals surface area (Å²) in [6, 6.07) is 6.53. The van der Waals surface area contributed by atoms with Gasteiger partial charge in [-0.05, 0) is 31.2 Å². The maximum absolute atomic E-state index is 13.7. The van der Waals surface area contributed by atoms with Crippen molar-refractivity contribution < 1.29 is 13.6 Å². The fourth-order valence-electron chi connectivity index (χ4n) is 2.42.